The van der Waals surface area contributed by atoms with Gasteiger partial charge in [0.25, 0.3) is 5.91 Å². The van der Waals surface area contributed by atoms with E-state index >= 15 is 0 Å². The Morgan fingerprint density at radius 2 is 1.76 bits per heavy atom. The van der Waals surface area contributed by atoms with E-state index in [0.717, 1.165) is 17.0 Å². The van der Waals surface area contributed by atoms with Crippen LogP contribution in [0.4, 0.5) is 10.1 Å². The molecule has 0 saturated heterocycles. The van der Waals surface area contributed by atoms with Gasteiger partial charge in [0.1, 0.15) is 12.4 Å². The number of rotatable bonds is 7. The van der Waals surface area contributed by atoms with Crippen LogP contribution in [0, 0.1) is 5.82 Å². The number of halogens is 1. The Hall–Kier alpha value is -2.20. The van der Waals surface area contributed by atoms with Crippen molar-refractivity contribution in [2.75, 3.05) is 12.4 Å². The van der Waals surface area contributed by atoms with Crippen LogP contribution in [0.5, 0.6) is 0 Å². The molecule has 2 aromatic carbocycles. The SMILES string of the molecule is CC[C@H](C)c1ccc(NC(=O)[C@@H](C)[NH+](C)Cc2ccccc2F)cc1. The molecular formula is C21H28FN2O+. The highest BCUT2D eigenvalue weighted by Crippen LogP contribution is 2.20. The quantitative estimate of drug-likeness (QED) is 0.794. The highest BCUT2D eigenvalue weighted by molar-refractivity contribution is 5.93. The van der Waals surface area contributed by atoms with Crippen LogP contribution in [-0.4, -0.2) is 19.0 Å². The molecule has 2 rings (SSSR count). The van der Waals surface area contributed by atoms with E-state index in [0.29, 0.717) is 18.0 Å². The Labute approximate surface area is 149 Å². The minimum Gasteiger partial charge on any atom is -0.324 e. The number of anilines is 1. The third-order valence-electron chi connectivity index (χ3n) is 4.92. The van der Waals surface area contributed by atoms with Crippen LogP contribution in [0.3, 0.4) is 0 Å². The van der Waals surface area contributed by atoms with Gasteiger partial charge in [-0.3, -0.25) is 4.79 Å². The lowest BCUT2D eigenvalue weighted by Crippen LogP contribution is -3.12. The summed E-state index contributed by atoms with van der Waals surface area (Å²) in [6.07, 6.45) is 1.09. The summed E-state index contributed by atoms with van der Waals surface area (Å²) in [4.78, 5) is 13.4. The summed E-state index contributed by atoms with van der Waals surface area (Å²) in [6, 6.07) is 14.4. The first-order chi connectivity index (χ1) is 11.9. The standard InChI is InChI=1S/C21H27FN2O/c1-5-15(2)17-10-12-19(13-11-17)23-21(25)16(3)24(4)14-18-8-6-7-9-20(18)22/h6-13,15-16H,5,14H2,1-4H3,(H,23,25)/p+1/t15-,16+/m0/s1. The molecule has 0 spiro atoms. The highest BCUT2D eigenvalue weighted by Gasteiger charge is 2.23. The largest absolute Gasteiger partial charge is 0.324 e. The third kappa shape index (κ3) is 5.13. The van der Waals surface area contributed by atoms with E-state index in [2.05, 4.69) is 31.3 Å². The molecule has 0 radical (unpaired) electrons. The Morgan fingerprint density at radius 1 is 1.12 bits per heavy atom. The smallest absolute Gasteiger partial charge is 0.282 e. The number of benzene rings is 2. The molecule has 0 aliphatic rings. The molecule has 1 amide bonds. The highest BCUT2D eigenvalue weighted by atomic mass is 19.1. The molecule has 0 saturated carbocycles. The van der Waals surface area contributed by atoms with Crippen molar-refractivity contribution in [3.8, 4) is 0 Å². The second-order valence-corrected chi connectivity index (χ2v) is 6.76. The van der Waals surface area contributed by atoms with Crippen LogP contribution < -0.4 is 10.2 Å². The van der Waals surface area contributed by atoms with Gasteiger partial charge in [0.15, 0.2) is 6.04 Å². The zero-order valence-electron chi connectivity index (χ0n) is 15.5. The number of hydrogen-bond donors (Lipinski definition) is 2. The third-order valence-corrected chi connectivity index (χ3v) is 4.92. The van der Waals surface area contributed by atoms with Crippen molar-refractivity contribution in [2.24, 2.45) is 0 Å². The number of likely N-dealkylation sites (N-methyl/N-ethyl adjacent to an activating group) is 1. The minimum atomic E-state index is -0.283. The predicted molar refractivity (Wildman–Crippen MR) is 100 cm³/mol. The average Bonchev–Trinajstić information content (AvgIpc) is 2.62. The Kier molecular flexibility index (Phi) is 6.71. The zero-order valence-corrected chi connectivity index (χ0v) is 15.5. The van der Waals surface area contributed by atoms with Crippen LogP contribution in [0.15, 0.2) is 48.5 Å². The van der Waals surface area contributed by atoms with Crippen LogP contribution in [0.25, 0.3) is 0 Å². The van der Waals surface area contributed by atoms with Gasteiger partial charge in [-0.1, -0.05) is 44.2 Å². The molecule has 0 heterocycles. The van der Waals surface area contributed by atoms with Gasteiger partial charge in [0, 0.05) is 11.3 Å². The molecular weight excluding hydrogens is 315 g/mol. The van der Waals surface area contributed by atoms with Gasteiger partial charge in [0.2, 0.25) is 0 Å². The maximum absolute atomic E-state index is 13.8. The summed E-state index contributed by atoms with van der Waals surface area (Å²) < 4.78 is 13.8. The molecule has 3 atom stereocenters. The van der Waals surface area contributed by atoms with Crippen molar-refractivity contribution in [3.63, 3.8) is 0 Å². The lowest BCUT2D eigenvalue weighted by Gasteiger charge is -2.21. The van der Waals surface area contributed by atoms with Gasteiger partial charge in [-0.25, -0.2) is 4.39 Å². The van der Waals surface area contributed by atoms with E-state index in [-0.39, 0.29) is 17.8 Å². The zero-order chi connectivity index (χ0) is 18.4. The maximum Gasteiger partial charge on any atom is 0.282 e. The van der Waals surface area contributed by atoms with Crippen LogP contribution in [0.1, 0.15) is 44.2 Å². The van der Waals surface area contributed by atoms with Crippen molar-refractivity contribution in [2.45, 2.75) is 45.7 Å². The molecule has 0 aliphatic carbocycles. The van der Waals surface area contributed by atoms with Gasteiger partial charge in [-0.15, -0.1) is 0 Å². The number of amides is 1. The predicted octanol–water partition coefficient (Wildman–Crippen LogP) is 3.38. The lowest BCUT2D eigenvalue weighted by atomic mass is 9.98. The Morgan fingerprint density at radius 3 is 2.36 bits per heavy atom. The second-order valence-electron chi connectivity index (χ2n) is 6.76. The summed E-state index contributed by atoms with van der Waals surface area (Å²) in [5.41, 5.74) is 2.69. The van der Waals surface area contributed by atoms with Gasteiger partial charge in [-0.2, -0.15) is 0 Å². The van der Waals surface area contributed by atoms with Crippen LogP contribution in [-0.2, 0) is 11.3 Å². The van der Waals surface area contributed by atoms with Gasteiger partial charge >= 0.3 is 0 Å². The summed E-state index contributed by atoms with van der Waals surface area (Å²) >= 11 is 0. The Balaban J connectivity index is 1.96. The fourth-order valence-electron chi connectivity index (χ4n) is 2.70. The number of quaternary nitrogens is 1. The van der Waals surface area contributed by atoms with E-state index in [1.54, 1.807) is 12.1 Å². The fraction of sp³-hybridized carbons (Fsp3) is 0.381. The van der Waals surface area contributed by atoms with Crippen molar-refractivity contribution >= 4 is 11.6 Å². The average molecular weight is 343 g/mol. The summed E-state index contributed by atoms with van der Waals surface area (Å²) in [7, 11) is 1.91. The molecule has 0 fully saturated rings. The monoisotopic (exact) mass is 343 g/mol. The number of carbonyl (C=O) groups is 1. The first-order valence-electron chi connectivity index (χ1n) is 8.89. The van der Waals surface area contributed by atoms with E-state index in [9.17, 15) is 9.18 Å². The molecule has 0 aliphatic heterocycles. The number of carbonyl (C=O) groups excluding carboxylic acids is 1. The molecule has 1 unspecified atom stereocenters. The second kappa shape index (κ2) is 8.77. The summed E-state index contributed by atoms with van der Waals surface area (Å²) in [5, 5.41) is 2.95. The van der Waals surface area contributed by atoms with Crippen LogP contribution in [0.2, 0.25) is 0 Å². The molecule has 0 aromatic heterocycles. The van der Waals surface area contributed by atoms with E-state index < -0.39 is 0 Å². The summed E-state index contributed by atoms with van der Waals surface area (Å²) in [5.74, 6) is 0.222. The van der Waals surface area contributed by atoms with E-state index in [4.69, 9.17) is 0 Å². The normalized spacial score (nSPS) is 14.6. The van der Waals surface area contributed by atoms with Gasteiger partial charge in [-0.05, 0) is 43.0 Å². The fourth-order valence-corrected chi connectivity index (χ4v) is 2.70. The minimum absolute atomic E-state index is 0.0647. The molecule has 3 nitrogen and oxygen atoms in total. The van der Waals surface area contributed by atoms with E-state index in [1.807, 2.05) is 32.2 Å². The molecule has 0 bridgehead atoms. The van der Waals surface area contributed by atoms with Crippen molar-refractivity contribution in [3.05, 3.63) is 65.5 Å². The molecule has 4 heteroatoms. The van der Waals surface area contributed by atoms with Crippen molar-refractivity contribution in [1.82, 2.24) is 0 Å². The first kappa shape index (κ1) is 19.1. The summed E-state index contributed by atoms with van der Waals surface area (Å²) in [6.45, 7) is 6.68. The molecule has 25 heavy (non-hydrogen) atoms. The van der Waals surface area contributed by atoms with E-state index in [1.165, 1.54) is 11.6 Å². The van der Waals surface area contributed by atoms with Gasteiger partial charge < -0.3 is 10.2 Å². The molecule has 2 N–H and O–H groups in total. The number of hydrogen-bond acceptors (Lipinski definition) is 1. The van der Waals surface area contributed by atoms with Crippen molar-refractivity contribution < 1.29 is 14.1 Å². The topological polar surface area (TPSA) is 33.5 Å². The van der Waals surface area contributed by atoms with Crippen molar-refractivity contribution in [1.29, 1.82) is 0 Å². The molecule has 2 aromatic rings. The lowest BCUT2D eigenvalue weighted by molar-refractivity contribution is -0.908. The Bertz CT molecular complexity index is 699. The van der Waals surface area contributed by atoms with Crippen LogP contribution >= 0.6 is 0 Å². The first-order valence-corrected chi connectivity index (χ1v) is 8.89. The molecule has 134 valence electrons. The maximum atomic E-state index is 13.8. The number of nitrogens with one attached hydrogen (secondary N) is 2. The van der Waals surface area contributed by atoms with Gasteiger partial charge in [0.05, 0.1) is 7.05 Å².